The molecule has 1 fully saturated rings. The van der Waals surface area contributed by atoms with E-state index >= 15 is 0 Å². The Bertz CT molecular complexity index is 380. The Labute approximate surface area is 95.3 Å². The largest absolute Gasteiger partial charge is 0.369 e. The second kappa shape index (κ2) is 4.20. The van der Waals surface area contributed by atoms with Gasteiger partial charge in [-0.05, 0) is 19.8 Å². The van der Waals surface area contributed by atoms with Crippen LogP contribution in [0.25, 0.3) is 0 Å². The van der Waals surface area contributed by atoms with E-state index in [9.17, 15) is 4.79 Å². The molecule has 0 bridgehead atoms. The van der Waals surface area contributed by atoms with E-state index in [0.717, 1.165) is 37.1 Å². The normalized spacial score (nSPS) is 19.3. The average Bonchev–Trinajstić information content (AvgIpc) is 2.30. The summed E-state index contributed by atoms with van der Waals surface area (Å²) in [7, 11) is 0. The third-order valence-corrected chi connectivity index (χ3v) is 3.51. The maximum absolute atomic E-state index is 11.7. The third-order valence-electron chi connectivity index (χ3n) is 3.51. The molecule has 16 heavy (non-hydrogen) atoms. The molecule has 1 heterocycles. The van der Waals surface area contributed by atoms with Crippen molar-refractivity contribution in [3.8, 4) is 0 Å². The maximum Gasteiger partial charge on any atom is 0.228 e. The fourth-order valence-corrected chi connectivity index (χ4v) is 2.47. The molecule has 1 aliphatic carbocycles. The summed E-state index contributed by atoms with van der Waals surface area (Å²) in [5.41, 5.74) is 5.94. The zero-order chi connectivity index (χ0) is 11.6. The van der Waals surface area contributed by atoms with Gasteiger partial charge >= 0.3 is 0 Å². The predicted octanol–water partition coefficient (Wildman–Crippen LogP) is 1.47. The number of aryl methyl sites for hydroxylation is 1. The lowest BCUT2D eigenvalue weighted by atomic mass is 9.70. The highest BCUT2D eigenvalue weighted by atomic mass is 16.1. The van der Waals surface area contributed by atoms with Crippen LogP contribution in [0, 0.1) is 6.92 Å². The number of rotatable bonds is 2. The lowest BCUT2D eigenvalue weighted by Gasteiger charge is -2.34. The van der Waals surface area contributed by atoms with E-state index in [1.165, 1.54) is 6.42 Å². The molecule has 2 rings (SSSR count). The van der Waals surface area contributed by atoms with Gasteiger partial charge in [0.2, 0.25) is 5.91 Å². The Morgan fingerprint density at radius 3 is 2.31 bits per heavy atom. The van der Waals surface area contributed by atoms with E-state index in [1.807, 2.05) is 6.92 Å². The quantitative estimate of drug-likeness (QED) is 0.819. The predicted molar refractivity (Wildman–Crippen MR) is 60.7 cm³/mol. The van der Waals surface area contributed by atoms with E-state index in [1.54, 1.807) is 12.4 Å². The number of carbonyl (C=O) groups is 1. The minimum absolute atomic E-state index is 0.236. The molecule has 1 amide bonds. The smallest absolute Gasteiger partial charge is 0.228 e. The first-order valence-electron chi connectivity index (χ1n) is 5.74. The van der Waals surface area contributed by atoms with Crippen LogP contribution < -0.4 is 5.73 Å². The van der Waals surface area contributed by atoms with Crippen LogP contribution in [0.15, 0.2) is 12.4 Å². The topological polar surface area (TPSA) is 68.9 Å². The highest BCUT2D eigenvalue weighted by Gasteiger charge is 2.39. The molecule has 4 nitrogen and oxygen atoms in total. The summed E-state index contributed by atoms with van der Waals surface area (Å²) in [6.07, 6.45) is 8.44. The lowest BCUT2D eigenvalue weighted by molar-refractivity contribution is -0.124. The Balaban J connectivity index is 2.38. The van der Waals surface area contributed by atoms with Crippen molar-refractivity contribution in [3.05, 3.63) is 23.8 Å². The van der Waals surface area contributed by atoms with E-state index in [0.29, 0.717) is 0 Å². The number of nitrogens with zero attached hydrogens (tertiary/aromatic N) is 2. The van der Waals surface area contributed by atoms with Gasteiger partial charge in [0.05, 0.1) is 5.41 Å². The van der Waals surface area contributed by atoms with Crippen LogP contribution in [0.2, 0.25) is 0 Å². The van der Waals surface area contributed by atoms with Crippen molar-refractivity contribution >= 4 is 5.91 Å². The molecule has 86 valence electrons. The summed E-state index contributed by atoms with van der Waals surface area (Å²) in [5, 5.41) is 0. The zero-order valence-corrected chi connectivity index (χ0v) is 9.57. The number of aromatic nitrogens is 2. The fourth-order valence-electron chi connectivity index (χ4n) is 2.47. The summed E-state index contributed by atoms with van der Waals surface area (Å²) < 4.78 is 0. The standard InChI is InChI=1S/C12H17N3O/c1-9-14-7-10(8-15-9)12(11(13)16)5-3-2-4-6-12/h7-8H,2-6H2,1H3,(H2,13,16). The van der Waals surface area contributed by atoms with Crippen LogP contribution in [0.5, 0.6) is 0 Å². The number of hydrogen-bond donors (Lipinski definition) is 1. The highest BCUT2D eigenvalue weighted by Crippen LogP contribution is 2.38. The van der Waals surface area contributed by atoms with Gasteiger partial charge in [0, 0.05) is 18.0 Å². The summed E-state index contributed by atoms with van der Waals surface area (Å²) in [6, 6.07) is 0. The SMILES string of the molecule is Cc1ncc(C2(C(N)=O)CCCCC2)cn1. The van der Waals surface area contributed by atoms with Crippen molar-refractivity contribution in [2.24, 2.45) is 5.73 Å². The van der Waals surface area contributed by atoms with E-state index in [2.05, 4.69) is 9.97 Å². The number of hydrogen-bond acceptors (Lipinski definition) is 3. The average molecular weight is 219 g/mol. The van der Waals surface area contributed by atoms with Crippen LogP contribution in [-0.2, 0) is 10.2 Å². The first-order chi connectivity index (χ1) is 7.65. The van der Waals surface area contributed by atoms with Gasteiger partial charge in [0.15, 0.2) is 0 Å². The first kappa shape index (κ1) is 11.0. The van der Waals surface area contributed by atoms with Gasteiger partial charge in [0.1, 0.15) is 5.82 Å². The van der Waals surface area contributed by atoms with Gasteiger partial charge in [-0.2, -0.15) is 0 Å². The maximum atomic E-state index is 11.7. The monoisotopic (exact) mass is 219 g/mol. The second-order valence-corrected chi connectivity index (χ2v) is 4.53. The van der Waals surface area contributed by atoms with E-state index in [4.69, 9.17) is 5.73 Å². The summed E-state index contributed by atoms with van der Waals surface area (Å²) >= 11 is 0. The van der Waals surface area contributed by atoms with Crippen molar-refractivity contribution in [2.75, 3.05) is 0 Å². The molecule has 1 aromatic rings. The van der Waals surface area contributed by atoms with Crippen molar-refractivity contribution in [3.63, 3.8) is 0 Å². The minimum Gasteiger partial charge on any atom is -0.369 e. The lowest BCUT2D eigenvalue weighted by Crippen LogP contribution is -2.43. The Morgan fingerprint density at radius 2 is 1.81 bits per heavy atom. The van der Waals surface area contributed by atoms with Crippen LogP contribution in [-0.4, -0.2) is 15.9 Å². The van der Waals surface area contributed by atoms with Gasteiger partial charge in [0.25, 0.3) is 0 Å². The molecule has 4 heteroatoms. The highest BCUT2D eigenvalue weighted by molar-refractivity contribution is 5.86. The van der Waals surface area contributed by atoms with Crippen LogP contribution in [0.1, 0.15) is 43.5 Å². The van der Waals surface area contributed by atoms with Gasteiger partial charge in [-0.25, -0.2) is 9.97 Å². The van der Waals surface area contributed by atoms with Gasteiger partial charge in [-0.1, -0.05) is 19.3 Å². The molecular formula is C12H17N3O. The van der Waals surface area contributed by atoms with Gasteiger partial charge in [-0.3, -0.25) is 4.79 Å². The Morgan fingerprint density at radius 1 is 1.25 bits per heavy atom. The van der Waals surface area contributed by atoms with Crippen LogP contribution in [0.4, 0.5) is 0 Å². The molecule has 1 aliphatic rings. The van der Waals surface area contributed by atoms with Crippen molar-refractivity contribution in [1.29, 1.82) is 0 Å². The van der Waals surface area contributed by atoms with E-state index in [-0.39, 0.29) is 5.91 Å². The summed E-state index contributed by atoms with van der Waals surface area (Å²) in [4.78, 5) is 20.1. The van der Waals surface area contributed by atoms with Crippen molar-refractivity contribution in [2.45, 2.75) is 44.4 Å². The van der Waals surface area contributed by atoms with Gasteiger partial charge in [-0.15, -0.1) is 0 Å². The zero-order valence-electron chi connectivity index (χ0n) is 9.57. The van der Waals surface area contributed by atoms with E-state index < -0.39 is 5.41 Å². The minimum atomic E-state index is -0.522. The molecule has 0 saturated heterocycles. The molecule has 0 aromatic carbocycles. The molecule has 0 atom stereocenters. The Hall–Kier alpha value is -1.45. The first-order valence-corrected chi connectivity index (χ1v) is 5.74. The number of carbonyl (C=O) groups excluding carboxylic acids is 1. The molecule has 1 aromatic heterocycles. The van der Waals surface area contributed by atoms with Crippen LogP contribution >= 0.6 is 0 Å². The van der Waals surface area contributed by atoms with Crippen molar-refractivity contribution < 1.29 is 4.79 Å². The molecule has 2 N–H and O–H groups in total. The fraction of sp³-hybridized carbons (Fsp3) is 0.583. The number of amides is 1. The summed E-state index contributed by atoms with van der Waals surface area (Å²) in [5.74, 6) is 0.485. The van der Waals surface area contributed by atoms with Gasteiger partial charge < -0.3 is 5.73 Å². The molecular weight excluding hydrogens is 202 g/mol. The molecule has 0 spiro atoms. The third kappa shape index (κ3) is 1.79. The molecule has 1 saturated carbocycles. The molecule has 0 unspecified atom stereocenters. The van der Waals surface area contributed by atoms with Crippen molar-refractivity contribution in [1.82, 2.24) is 9.97 Å². The second-order valence-electron chi connectivity index (χ2n) is 4.53. The Kier molecular flexibility index (Phi) is 2.90. The molecule has 0 radical (unpaired) electrons. The number of primary amides is 1. The molecule has 0 aliphatic heterocycles. The summed E-state index contributed by atoms with van der Waals surface area (Å²) in [6.45, 7) is 1.83. The number of nitrogens with two attached hydrogens (primary N) is 1. The van der Waals surface area contributed by atoms with Crippen LogP contribution in [0.3, 0.4) is 0 Å².